The summed E-state index contributed by atoms with van der Waals surface area (Å²) >= 11 is 8.45. The molecule has 1 unspecified atom stereocenters. The Labute approximate surface area is 126 Å². The van der Waals surface area contributed by atoms with Crippen molar-refractivity contribution in [1.82, 2.24) is 5.43 Å². The number of nitrogens with one attached hydrogen (secondary N) is 1. The zero-order valence-corrected chi connectivity index (χ0v) is 13.3. The first kappa shape index (κ1) is 14.1. The van der Waals surface area contributed by atoms with Gasteiger partial charge in [0.05, 0.1) is 6.04 Å². The molecule has 0 aliphatic rings. The van der Waals surface area contributed by atoms with Gasteiger partial charge in [-0.05, 0) is 52.2 Å². The van der Waals surface area contributed by atoms with Crippen molar-refractivity contribution in [2.24, 2.45) is 5.84 Å². The molecule has 0 fully saturated rings. The van der Waals surface area contributed by atoms with Gasteiger partial charge in [0.2, 0.25) is 0 Å². The van der Waals surface area contributed by atoms with Crippen LogP contribution >= 0.6 is 43.2 Å². The first-order valence-corrected chi connectivity index (χ1v) is 7.70. The number of hydrazine groups is 1. The molecule has 18 heavy (non-hydrogen) atoms. The number of rotatable bonds is 4. The minimum absolute atomic E-state index is 0.0283. The highest BCUT2D eigenvalue weighted by molar-refractivity contribution is 9.10. The highest BCUT2D eigenvalue weighted by Crippen LogP contribution is 2.29. The molecule has 96 valence electrons. The Morgan fingerprint density at radius 1 is 1.33 bits per heavy atom. The van der Waals surface area contributed by atoms with Crippen LogP contribution < -0.4 is 11.3 Å². The van der Waals surface area contributed by atoms with Crippen molar-refractivity contribution in [1.29, 1.82) is 0 Å². The van der Waals surface area contributed by atoms with Gasteiger partial charge in [-0.1, -0.05) is 15.9 Å². The van der Waals surface area contributed by atoms with Gasteiger partial charge >= 0.3 is 0 Å². The van der Waals surface area contributed by atoms with Gasteiger partial charge in [0, 0.05) is 19.2 Å². The summed E-state index contributed by atoms with van der Waals surface area (Å²) in [5, 5.41) is 2.00. The molecule has 0 radical (unpaired) electrons. The van der Waals surface area contributed by atoms with Crippen LogP contribution in [0.2, 0.25) is 0 Å². The Hall–Kier alpha value is -0.270. The van der Waals surface area contributed by atoms with Crippen LogP contribution in [0.3, 0.4) is 0 Å². The fraction of sp³-hybridized carbons (Fsp3) is 0.167. The largest absolute Gasteiger partial charge is 0.271 e. The molecule has 1 heterocycles. The van der Waals surface area contributed by atoms with Crippen molar-refractivity contribution in [2.45, 2.75) is 12.5 Å². The molecular weight excluding hydrogens is 383 g/mol. The van der Waals surface area contributed by atoms with E-state index in [4.69, 9.17) is 5.84 Å². The molecule has 1 aromatic carbocycles. The number of benzene rings is 1. The van der Waals surface area contributed by atoms with Crippen molar-refractivity contribution >= 4 is 43.2 Å². The Bertz CT molecular complexity index is 545. The molecule has 0 aliphatic heterocycles. The van der Waals surface area contributed by atoms with Crippen LogP contribution in [-0.2, 0) is 6.42 Å². The van der Waals surface area contributed by atoms with Gasteiger partial charge < -0.3 is 0 Å². The minimum atomic E-state index is -0.240. The van der Waals surface area contributed by atoms with E-state index >= 15 is 0 Å². The molecule has 2 nitrogen and oxygen atoms in total. The SMILES string of the molecule is NNC(Cc1cc(F)ccc1Br)c1cc(Br)cs1. The number of thiophene rings is 1. The molecule has 1 atom stereocenters. The third-order valence-electron chi connectivity index (χ3n) is 2.56. The summed E-state index contributed by atoms with van der Waals surface area (Å²) in [5.41, 5.74) is 3.66. The second-order valence-corrected chi connectivity index (χ2v) is 6.54. The topological polar surface area (TPSA) is 38.0 Å². The summed E-state index contributed by atoms with van der Waals surface area (Å²) in [7, 11) is 0. The van der Waals surface area contributed by atoms with Crippen molar-refractivity contribution < 1.29 is 4.39 Å². The van der Waals surface area contributed by atoms with Crippen LogP contribution in [0.5, 0.6) is 0 Å². The Balaban J connectivity index is 2.22. The fourth-order valence-electron chi connectivity index (χ4n) is 1.67. The summed E-state index contributed by atoms with van der Waals surface area (Å²) in [5.74, 6) is 5.34. The van der Waals surface area contributed by atoms with E-state index in [0.717, 1.165) is 19.4 Å². The van der Waals surface area contributed by atoms with E-state index in [9.17, 15) is 4.39 Å². The normalized spacial score (nSPS) is 12.7. The fourth-order valence-corrected chi connectivity index (χ4v) is 3.59. The van der Waals surface area contributed by atoms with Gasteiger partial charge in [-0.3, -0.25) is 11.3 Å². The molecule has 0 bridgehead atoms. The number of nitrogens with two attached hydrogens (primary N) is 1. The second-order valence-electron chi connectivity index (χ2n) is 3.83. The van der Waals surface area contributed by atoms with E-state index in [1.807, 2.05) is 11.4 Å². The van der Waals surface area contributed by atoms with Crippen molar-refractivity contribution in [3.63, 3.8) is 0 Å². The standard InChI is InChI=1S/C12H11Br2FN2S/c13-8-5-12(18-6-8)11(17-16)4-7-3-9(15)1-2-10(7)14/h1-3,5-6,11,17H,4,16H2. The predicted molar refractivity (Wildman–Crippen MR) is 79.9 cm³/mol. The Kier molecular flexibility index (Phi) is 4.91. The van der Waals surface area contributed by atoms with E-state index in [2.05, 4.69) is 37.3 Å². The average Bonchev–Trinajstić information content (AvgIpc) is 2.77. The highest BCUT2D eigenvalue weighted by Gasteiger charge is 2.14. The minimum Gasteiger partial charge on any atom is -0.271 e. The molecule has 1 aromatic heterocycles. The van der Waals surface area contributed by atoms with E-state index in [1.54, 1.807) is 17.4 Å². The molecule has 0 saturated carbocycles. The molecular formula is C12H11Br2FN2S. The van der Waals surface area contributed by atoms with E-state index in [0.29, 0.717) is 6.42 Å². The third kappa shape index (κ3) is 3.39. The lowest BCUT2D eigenvalue weighted by atomic mass is 10.1. The Morgan fingerprint density at radius 2 is 2.11 bits per heavy atom. The van der Waals surface area contributed by atoms with E-state index < -0.39 is 0 Å². The molecule has 0 spiro atoms. The van der Waals surface area contributed by atoms with Gasteiger partial charge in [0.25, 0.3) is 0 Å². The summed E-state index contributed by atoms with van der Waals surface area (Å²) < 4.78 is 15.1. The van der Waals surface area contributed by atoms with Gasteiger partial charge in [0.1, 0.15) is 5.82 Å². The number of hydrogen-bond acceptors (Lipinski definition) is 3. The van der Waals surface area contributed by atoms with Crippen LogP contribution in [0, 0.1) is 5.82 Å². The lowest BCUT2D eigenvalue weighted by molar-refractivity contribution is 0.555. The number of hydrogen-bond donors (Lipinski definition) is 2. The van der Waals surface area contributed by atoms with Crippen molar-refractivity contribution in [3.8, 4) is 0 Å². The maximum atomic E-state index is 13.2. The second kappa shape index (κ2) is 6.25. The summed E-state index contributed by atoms with van der Waals surface area (Å²) in [6.07, 6.45) is 0.627. The lowest BCUT2D eigenvalue weighted by Crippen LogP contribution is -2.29. The molecule has 0 saturated heterocycles. The first-order valence-electron chi connectivity index (χ1n) is 5.24. The quantitative estimate of drug-likeness (QED) is 0.604. The van der Waals surface area contributed by atoms with Crippen LogP contribution in [0.25, 0.3) is 0 Å². The van der Waals surface area contributed by atoms with Crippen LogP contribution in [0.15, 0.2) is 38.6 Å². The lowest BCUT2D eigenvalue weighted by Gasteiger charge is -2.15. The maximum absolute atomic E-state index is 13.2. The molecule has 2 aromatic rings. The van der Waals surface area contributed by atoms with Crippen LogP contribution in [-0.4, -0.2) is 0 Å². The Morgan fingerprint density at radius 3 is 2.72 bits per heavy atom. The van der Waals surface area contributed by atoms with Crippen molar-refractivity contribution in [3.05, 3.63) is 54.8 Å². The molecule has 6 heteroatoms. The van der Waals surface area contributed by atoms with Gasteiger partial charge in [-0.2, -0.15) is 0 Å². The smallest absolute Gasteiger partial charge is 0.123 e. The van der Waals surface area contributed by atoms with Gasteiger partial charge in [0.15, 0.2) is 0 Å². The summed E-state index contributed by atoms with van der Waals surface area (Å²) in [4.78, 5) is 1.11. The van der Waals surface area contributed by atoms with Gasteiger partial charge in [-0.25, -0.2) is 4.39 Å². The summed E-state index contributed by atoms with van der Waals surface area (Å²) in [6.45, 7) is 0. The van der Waals surface area contributed by atoms with Crippen LogP contribution in [0.4, 0.5) is 4.39 Å². The third-order valence-corrected chi connectivity index (χ3v) is 5.14. The molecule has 0 aliphatic carbocycles. The number of halogens is 3. The first-order chi connectivity index (χ1) is 8.60. The highest BCUT2D eigenvalue weighted by atomic mass is 79.9. The van der Waals surface area contributed by atoms with E-state index in [-0.39, 0.29) is 11.9 Å². The monoisotopic (exact) mass is 392 g/mol. The molecule has 0 amide bonds. The summed E-state index contributed by atoms with van der Waals surface area (Å²) in [6, 6.07) is 6.65. The van der Waals surface area contributed by atoms with Crippen LogP contribution in [0.1, 0.15) is 16.5 Å². The zero-order valence-electron chi connectivity index (χ0n) is 9.29. The molecule has 3 N–H and O–H groups in total. The van der Waals surface area contributed by atoms with Crippen molar-refractivity contribution in [2.75, 3.05) is 0 Å². The van der Waals surface area contributed by atoms with Gasteiger partial charge in [-0.15, -0.1) is 11.3 Å². The predicted octanol–water partition coefficient (Wildman–Crippen LogP) is 4.16. The zero-order chi connectivity index (χ0) is 13.1. The molecule has 2 rings (SSSR count). The maximum Gasteiger partial charge on any atom is 0.123 e. The average molecular weight is 394 g/mol. The van der Waals surface area contributed by atoms with E-state index in [1.165, 1.54) is 12.1 Å².